The molecule has 10 heteroatoms. The summed E-state index contributed by atoms with van der Waals surface area (Å²) in [6.45, 7) is 4.19. The van der Waals surface area contributed by atoms with Crippen molar-refractivity contribution in [2.75, 3.05) is 63.8 Å². The smallest absolute Gasteiger partial charge is 0.248 e. The number of hydrogen-bond acceptors (Lipinski definition) is 9. The molecule has 2 aliphatic rings. The van der Waals surface area contributed by atoms with Crippen molar-refractivity contribution in [3.05, 3.63) is 60.4 Å². The molecular formula is C29H31N5O5. The predicted molar refractivity (Wildman–Crippen MR) is 148 cm³/mol. The SMILES string of the molecule is C#Cc1cccc(Nc2ncnc3cc(OCCOC)c(NC(=O)C=CCN4CC5OCCOC5C4)cc23)c1. The lowest BCUT2D eigenvalue weighted by molar-refractivity contribution is -0.116. The first-order valence-electron chi connectivity index (χ1n) is 12.8. The molecular weight excluding hydrogens is 498 g/mol. The number of likely N-dealkylation sites (tertiary alicyclic amines) is 1. The molecule has 2 fully saturated rings. The predicted octanol–water partition coefficient (Wildman–Crippen LogP) is 2.97. The summed E-state index contributed by atoms with van der Waals surface area (Å²) in [5.41, 5.74) is 2.69. The van der Waals surface area contributed by atoms with Crippen LogP contribution in [0.2, 0.25) is 0 Å². The summed E-state index contributed by atoms with van der Waals surface area (Å²) in [5.74, 6) is 3.41. The summed E-state index contributed by atoms with van der Waals surface area (Å²) in [6, 6.07) is 11.1. The molecule has 0 bridgehead atoms. The largest absolute Gasteiger partial charge is 0.489 e. The second-order valence-corrected chi connectivity index (χ2v) is 9.21. The third kappa shape index (κ3) is 6.71. The summed E-state index contributed by atoms with van der Waals surface area (Å²) in [6.07, 6.45) is 10.6. The van der Waals surface area contributed by atoms with Gasteiger partial charge in [0.2, 0.25) is 5.91 Å². The van der Waals surface area contributed by atoms with Crippen LogP contribution in [0.3, 0.4) is 0 Å². The van der Waals surface area contributed by atoms with Crippen LogP contribution < -0.4 is 15.4 Å². The lowest BCUT2D eigenvalue weighted by Gasteiger charge is -2.24. The van der Waals surface area contributed by atoms with Crippen LogP contribution in [0.25, 0.3) is 10.9 Å². The third-order valence-corrected chi connectivity index (χ3v) is 6.50. The van der Waals surface area contributed by atoms with Crippen LogP contribution in [0.1, 0.15) is 5.56 Å². The minimum absolute atomic E-state index is 0.101. The normalized spacial score (nSPS) is 19.1. The number of terminal acetylenes is 1. The van der Waals surface area contributed by atoms with E-state index in [2.05, 4.69) is 31.4 Å². The van der Waals surface area contributed by atoms with E-state index in [-0.39, 0.29) is 18.1 Å². The second kappa shape index (κ2) is 12.7. The van der Waals surface area contributed by atoms with Gasteiger partial charge in [0, 0.05) is 55.5 Å². The molecule has 2 aliphatic heterocycles. The Morgan fingerprint density at radius 1 is 1.18 bits per heavy atom. The number of methoxy groups -OCH3 is 1. The van der Waals surface area contributed by atoms with Crippen LogP contribution in [-0.4, -0.2) is 86.2 Å². The Balaban J connectivity index is 1.33. The van der Waals surface area contributed by atoms with Crippen molar-refractivity contribution in [2.24, 2.45) is 0 Å². The Morgan fingerprint density at radius 3 is 2.77 bits per heavy atom. The second-order valence-electron chi connectivity index (χ2n) is 9.21. The summed E-state index contributed by atoms with van der Waals surface area (Å²) in [4.78, 5) is 23.9. The number of amides is 1. The Hall–Kier alpha value is -4.01. The number of fused-ring (bicyclic) bond motifs is 2. The molecule has 1 aromatic heterocycles. The lowest BCUT2D eigenvalue weighted by atomic mass is 10.1. The fourth-order valence-electron chi connectivity index (χ4n) is 4.63. The highest BCUT2D eigenvalue weighted by molar-refractivity contribution is 6.03. The van der Waals surface area contributed by atoms with Crippen molar-refractivity contribution in [3.63, 3.8) is 0 Å². The number of carbonyl (C=O) groups excluding carboxylic acids is 1. The van der Waals surface area contributed by atoms with E-state index in [4.69, 9.17) is 25.4 Å². The fraction of sp³-hybridized carbons (Fsp3) is 0.345. The van der Waals surface area contributed by atoms with Crippen LogP contribution in [0, 0.1) is 12.3 Å². The zero-order valence-corrected chi connectivity index (χ0v) is 21.8. The van der Waals surface area contributed by atoms with Crippen LogP contribution in [0.15, 0.2) is 54.9 Å². The van der Waals surface area contributed by atoms with E-state index in [9.17, 15) is 4.79 Å². The number of anilines is 3. The number of ether oxygens (including phenoxy) is 4. The molecule has 1 amide bonds. The first-order chi connectivity index (χ1) is 19.1. The van der Waals surface area contributed by atoms with Gasteiger partial charge in [-0.15, -0.1) is 6.42 Å². The summed E-state index contributed by atoms with van der Waals surface area (Å²) in [7, 11) is 1.60. The average Bonchev–Trinajstić information content (AvgIpc) is 3.37. The Labute approximate surface area is 227 Å². The first kappa shape index (κ1) is 26.6. The average molecular weight is 530 g/mol. The van der Waals surface area contributed by atoms with Gasteiger partial charge in [-0.25, -0.2) is 9.97 Å². The van der Waals surface area contributed by atoms with Gasteiger partial charge in [0.25, 0.3) is 0 Å². The standard InChI is InChI=1S/C29H31N5O5/c1-3-20-6-4-7-21(14-20)32-29-22-15-24(25(37-11-10-36-2)16-23(22)30-19-31-29)33-28(35)8-5-9-34-17-26-27(18-34)39-13-12-38-26/h1,4-8,14-16,19,26-27H,9-13,17-18H2,2H3,(H,33,35)(H,30,31,32). The van der Waals surface area contributed by atoms with Crippen LogP contribution >= 0.6 is 0 Å². The van der Waals surface area contributed by atoms with Crippen molar-refractivity contribution in [2.45, 2.75) is 12.2 Å². The maximum atomic E-state index is 12.9. The van der Waals surface area contributed by atoms with E-state index < -0.39 is 0 Å². The van der Waals surface area contributed by atoms with E-state index in [0.29, 0.717) is 61.1 Å². The van der Waals surface area contributed by atoms with Gasteiger partial charge in [0.1, 0.15) is 24.5 Å². The molecule has 0 spiro atoms. The van der Waals surface area contributed by atoms with Crippen molar-refractivity contribution < 1.29 is 23.7 Å². The van der Waals surface area contributed by atoms with Crippen molar-refractivity contribution in [1.82, 2.24) is 14.9 Å². The number of aromatic nitrogens is 2. The molecule has 39 heavy (non-hydrogen) atoms. The zero-order valence-electron chi connectivity index (χ0n) is 21.8. The molecule has 3 aromatic rings. The van der Waals surface area contributed by atoms with Crippen LogP contribution in [0.4, 0.5) is 17.2 Å². The monoisotopic (exact) mass is 529 g/mol. The molecule has 0 aliphatic carbocycles. The topological polar surface area (TPSA) is 107 Å². The Morgan fingerprint density at radius 2 is 2.00 bits per heavy atom. The van der Waals surface area contributed by atoms with Crippen LogP contribution in [-0.2, 0) is 19.0 Å². The van der Waals surface area contributed by atoms with Gasteiger partial charge in [-0.05, 0) is 24.3 Å². The molecule has 2 aromatic carbocycles. The van der Waals surface area contributed by atoms with Gasteiger partial charge >= 0.3 is 0 Å². The summed E-state index contributed by atoms with van der Waals surface area (Å²) in [5, 5.41) is 6.96. The van der Waals surface area contributed by atoms with Gasteiger partial charge < -0.3 is 29.6 Å². The van der Waals surface area contributed by atoms with Gasteiger partial charge in [0.05, 0.1) is 43.2 Å². The molecule has 2 N–H and O–H groups in total. The number of hydrogen-bond donors (Lipinski definition) is 2. The quantitative estimate of drug-likeness (QED) is 0.233. The maximum absolute atomic E-state index is 12.9. The number of benzene rings is 2. The minimum Gasteiger partial charge on any atom is -0.489 e. The van der Waals surface area contributed by atoms with E-state index in [1.807, 2.05) is 30.3 Å². The molecule has 5 rings (SSSR count). The summed E-state index contributed by atoms with van der Waals surface area (Å²) >= 11 is 0. The van der Waals surface area contributed by atoms with E-state index in [1.54, 1.807) is 19.2 Å². The lowest BCUT2D eigenvalue weighted by Crippen LogP contribution is -2.36. The maximum Gasteiger partial charge on any atom is 0.248 e. The van der Waals surface area contributed by atoms with E-state index >= 15 is 0 Å². The first-order valence-corrected chi connectivity index (χ1v) is 12.8. The minimum atomic E-state index is -0.275. The van der Waals surface area contributed by atoms with Crippen molar-refractivity contribution in [3.8, 4) is 18.1 Å². The van der Waals surface area contributed by atoms with Crippen LogP contribution in [0.5, 0.6) is 5.75 Å². The molecule has 0 saturated carbocycles. The third-order valence-electron chi connectivity index (χ3n) is 6.50. The van der Waals surface area contributed by atoms with Gasteiger partial charge in [-0.2, -0.15) is 0 Å². The molecule has 2 atom stereocenters. The molecule has 10 nitrogen and oxygen atoms in total. The van der Waals surface area contributed by atoms with Crippen molar-refractivity contribution in [1.29, 1.82) is 0 Å². The van der Waals surface area contributed by atoms with E-state index in [1.165, 1.54) is 12.4 Å². The number of rotatable bonds is 10. The molecule has 2 unspecified atom stereocenters. The highest BCUT2D eigenvalue weighted by Gasteiger charge is 2.35. The summed E-state index contributed by atoms with van der Waals surface area (Å²) < 4.78 is 22.6. The number of nitrogens with zero attached hydrogens (tertiary/aromatic N) is 3. The van der Waals surface area contributed by atoms with Gasteiger partial charge in [-0.3, -0.25) is 9.69 Å². The van der Waals surface area contributed by atoms with Crippen molar-refractivity contribution >= 4 is 34.0 Å². The molecule has 3 heterocycles. The highest BCUT2D eigenvalue weighted by atomic mass is 16.6. The molecule has 202 valence electrons. The van der Waals surface area contributed by atoms with Gasteiger partial charge in [-0.1, -0.05) is 18.1 Å². The number of carbonyl (C=O) groups is 1. The molecule has 2 saturated heterocycles. The molecule has 0 radical (unpaired) electrons. The Kier molecular flexibility index (Phi) is 8.65. The fourth-order valence-corrected chi connectivity index (χ4v) is 4.63. The van der Waals surface area contributed by atoms with E-state index in [0.717, 1.165) is 24.3 Å². The number of nitrogens with one attached hydrogen (secondary N) is 2. The zero-order chi connectivity index (χ0) is 27.0. The highest BCUT2D eigenvalue weighted by Crippen LogP contribution is 2.33. The van der Waals surface area contributed by atoms with Gasteiger partial charge in [0.15, 0.2) is 0 Å². The Bertz CT molecular complexity index is 1370.